The molecule has 0 unspecified atom stereocenters. The van der Waals surface area contributed by atoms with E-state index in [4.69, 9.17) is 5.26 Å². The molecule has 0 radical (unpaired) electrons. The highest BCUT2D eigenvalue weighted by Crippen LogP contribution is 2.29. The van der Waals surface area contributed by atoms with Crippen LogP contribution in [-0.4, -0.2) is 23.0 Å². The van der Waals surface area contributed by atoms with Gasteiger partial charge in [0.2, 0.25) is 5.91 Å². The molecule has 14 heavy (non-hydrogen) atoms. The number of hydrogen-bond donors (Lipinski definition) is 1. The van der Waals surface area contributed by atoms with Crippen molar-refractivity contribution in [1.82, 2.24) is 5.32 Å². The molecule has 0 aliphatic heterocycles. The third-order valence-corrected chi connectivity index (χ3v) is 3.68. The van der Waals surface area contributed by atoms with Crippen LogP contribution in [0.1, 0.15) is 32.6 Å². The smallest absolute Gasteiger partial charge is 0.234 e. The normalized spacial score (nSPS) is 21.2. The van der Waals surface area contributed by atoms with Gasteiger partial charge in [-0.15, -0.1) is 0 Å². The summed E-state index contributed by atoms with van der Waals surface area (Å²) in [5.41, 5.74) is -0.568. The molecule has 0 aromatic carbocycles. The number of amides is 1. The topological polar surface area (TPSA) is 52.9 Å². The van der Waals surface area contributed by atoms with Gasteiger partial charge in [-0.1, -0.05) is 0 Å². The fourth-order valence-electron chi connectivity index (χ4n) is 1.69. The molecular formula is C10H16N2OS. The number of carbonyl (C=O) groups excluding carboxylic acids is 1. The Hall–Kier alpha value is -0.690. The van der Waals surface area contributed by atoms with E-state index in [9.17, 15) is 4.79 Å². The first-order valence-electron chi connectivity index (χ1n) is 4.89. The number of rotatable bonds is 3. The van der Waals surface area contributed by atoms with Crippen LogP contribution >= 0.6 is 11.8 Å². The molecule has 0 aromatic rings. The lowest BCUT2D eigenvalue weighted by molar-refractivity contribution is -0.121. The number of nitrogens with zero attached hydrogens (tertiary/aromatic N) is 1. The van der Waals surface area contributed by atoms with Crippen molar-refractivity contribution >= 4 is 17.7 Å². The predicted octanol–water partition coefficient (Wildman–Crippen LogP) is 1.69. The Bertz CT molecular complexity index is 253. The fourth-order valence-corrected chi connectivity index (χ4v) is 1.96. The molecular weight excluding hydrogens is 196 g/mol. The van der Waals surface area contributed by atoms with Crippen LogP contribution in [0.4, 0.5) is 0 Å². The molecule has 1 aliphatic carbocycles. The first-order chi connectivity index (χ1) is 6.63. The van der Waals surface area contributed by atoms with Gasteiger partial charge in [0.1, 0.15) is 5.54 Å². The molecule has 4 heteroatoms. The summed E-state index contributed by atoms with van der Waals surface area (Å²) in [6.45, 7) is 1.86. The maximum Gasteiger partial charge on any atom is 0.234 e. The molecule has 0 heterocycles. The Labute approximate surface area is 89.2 Å². The van der Waals surface area contributed by atoms with Gasteiger partial charge in [-0.3, -0.25) is 4.79 Å². The van der Waals surface area contributed by atoms with Gasteiger partial charge in [-0.05, 0) is 38.9 Å². The van der Waals surface area contributed by atoms with Gasteiger partial charge >= 0.3 is 0 Å². The van der Waals surface area contributed by atoms with Crippen LogP contribution in [0.25, 0.3) is 0 Å². The summed E-state index contributed by atoms with van der Waals surface area (Å²) in [6.07, 6.45) is 5.59. The van der Waals surface area contributed by atoms with Gasteiger partial charge < -0.3 is 5.32 Å². The summed E-state index contributed by atoms with van der Waals surface area (Å²) in [7, 11) is 0. The molecule has 0 spiro atoms. The van der Waals surface area contributed by atoms with Crippen molar-refractivity contribution in [2.75, 3.05) is 6.26 Å². The van der Waals surface area contributed by atoms with Crippen molar-refractivity contribution in [3.8, 4) is 6.07 Å². The maximum atomic E-state index is 11.6. The molecule has 1 aliphatic rings. The summed E-state index contributed by atoms with van der Waals surface area (Å²) >= 11 is 1.50. The summed E-state index contributed by atoms with van der Waals surface area (Å²) in [4.78, 5) is 11.6. The summed E-state index contributed by atoms with van der Waals surface area (Å²) < 4.78 is 0. The highest BCUT2D eigenvalue weighted by Gasteiger charge is 2.36. The van der Waals surface area contributed by atoms with Crippen LogP contribution in [0, 0.1) is 11.3 Å². The van der Waals surface area contributed by atoms with Crippen LogP contribution in [0.3, 0.4) is 0 Å². The van der Waals surface area contributed by atoms with Gasteiger partial charge in [0.25, 0.3) is 0 Å². The Morgan fingerprint density at radius 2 is 2.14 bits per heavy atom. The zero-order chi connectivity index (χ0) is 10.6. The summed E-state index contributed by atoms with van der Waals surface area (Å²) in [6, 6.07) is 2.25. The first-order valence-corrected chi connectivity index (χ1v) is 6.18. The molecule has 3 nitrogen and oxygen atoms in total. The Balaban J connectivity index is 2.57. The Kier molecular flexibility index (Phi) is 3.82. The third-order valence-electron chi connectivity index (χ3n) is 2.76. The molecule has 0 bridgehead atoms. The highest BCUT2D eigenvalue weighted by atomic mass is 32.2. The molecule has 0 saturated heterocycles. The zero-order valence-corrected chi connectivity index (χ0v) is 9.49. The van der Waals surface area contributed by atoms with E-state index < -0.39 is 5.54 Å². The molecule has 1 amide bonds. The second kappa shape index (κ2) is 4.70. The molecule has 1 saturated carbocycles. The SMILES string of the molecule is CS[C@H](C)C(=O)NC1(C#N)CCCC1. The number of thioether (sulfide) groups is 1. The van der Waals surface area contributed by atoms with Crippen molar-refractivity contribution in [3.63, 3.8) is 0 Å². The first kappa shape index (κ1) is 11.4. The summed E-state index contributed by atoms with van der Waals surface area (Å²) in [5, 5.41) is 11.9. The monoisotopic (exact) mass is 212 g/mol. The fraction of sp³-hybridized carbons (Fsp3) is 0.800. The van der Waals surface area contributed by atoms with Gasteiger partial charge in [0.05, 0.1) is 11.3 Å². The van der Waals surface area contributed by atoms with Gasteiger partial charge in [0, 0.05) is 0 Å². The minimum Gasteiger partial charge on any atom is -0.337 e. The molecule has 0 aromatic heterocycles. The number of hydrogen-bond acceptors (Lipinski definition) is 3. The lowest BCUT2D eigenvalue weighted by Gasteiger charge is -2.23. The molecule has 1 N–H and O–H groups in total. The third kappa shape index (κ3) is 2.42. The van der Waals surface area contributed by atoms with E-state index in [-0.39, 0.29) is 11.2 Å². The second-order valence-electron chi connectivity index (χ2n) is 3.77. The van der Waals surface area contributed by atoms with Gasteiger partial charge in [0.15, 0.2) is 0 Å². The van der Waals surface area contributed by atoms with E-state index in [0.29, 0.717) is 0 Å². The van der Waals surface area contributed by atoms with Crippen molar-refractivity contribution in [2.45, 2.75) is 43.4 Å². The summed E-state index contributed by atoms with van der Waals surface area (Å²) in [5.74, 6) is -0.0130. The highest BCUT2D eigenvalue weighted by molar-refractivity contribution is 7.99. The van der Waals surface area contributed by atoms with Gasteiger partial charge in [-0.25, -0.2) is 0 Å². The average Bonchev–Trinajstić information content (AvgIpc) is 2.65. The predicted molar refractivity (Wildman–Crippen MR) is 57.9 cm³/mol. The lowest BCUT2D eigenvalue weighted by atomic mass is 10.00. The van der Waals surface area contributed by atoms with Crippen molar-refractivity contribution < 1.29 is 4.79 Å². The van der Waals surface area contributed by atoms with Crippen LogP contribution in [0.2, 0.25) is 0 Å². The minimum atomic E-state index is -0.568. The van der Waals surface area contributed by atoms with E-state index in [1.807, 2.05) is 13.2 Å². The standard InChI is InChI=1S/C10H16N2OS/c1-8(14-2)9(13)12-10(7-11)5-3-4-6-10/h8H,3-6H2,1-2H3,(H,12,13)/t8-/m1/s1. The van der Waals surface area contributed by atoms with Crippen LogP contribution < -0.4 is 5.32 Å². The lowest BCUT2D eigenvalue weighted by Crippen LogP contribution is -2.47. The Morgan fingerprint density at radius 3 is 2.57 bits per heavy atom. The van der Waals surface area contributed by atoms with Crippen LogP contribution in [0.5, 0.6) is 0 Å². The van der Waals surface area contributed by atoms with E-state index in [0.717, 1.165) is 25.7 Å². The average molecular weight is 212 g/mol. The van der Waals surface area contributed by atoms with Gasteiger partial charge in [-0.2, -0.15) is 17.0 Å². The Morgan fingerprint density at radius 1 is 1.57 bits per heavy atom. The second-order valence-corrected chi connectivity index (χ2v) is 4.95. The van der Waals surface area contributed by atoms with Crippen LogP contribution in [0.15, 0.2) is 0 Å². The minimum absolute atomic E-state index is 0.0130. The van der Waals surface area contributed by atoms with Crippen molar-refractivity contribution in [2.24, 2.45) is 0 Å². The van der Waals surface area contributed by atoms with Crippen LogP contribution in [-0.2, 0) is 4.79 Å². The zero-order valence-electron chi connectivity index (χ0n) is 8.67. The number of nitrogens with one attached hydrogen (secondary N) is 1. The van der Waals surface area contributed by atoms with E-state index in [1.54, 1.807) is 0 Å². The van der Waals surface area contributed by atoms with Crippen molar-refractivity contribution in [3.05, 3.63) is 0 Å². The van der Waals surface area contributed by atoms with Crippen molar-refractivity contribution in [1.29, 1.82) is 5.26 Å². The largest absolute Gasteiger partial charge is 0.337 e. The number of nitriles is 1. The molecule has 1 fully saturated rings. The molecule has 1 rings (SSSR count). The maximum absolute atomic E-state index is 11.6. The quantitative estimate of drug-likeness (QED) is 0.774. The number of carbonyl (C=O) groups is 1. The van der Waals surface area contributed by atoms with E-state index in [2.05, 4.69) is 11.4 Å². The molecule has 78 valence electrons. The van der Waals surface area contributed by atoms with E-state index >= 15 is 0 Å². The molecule has 1 atom stereocenters. The van der Waals surface area contributed by atoms with E-state index in [1.165, 1.54) is 11.8 Å².